The molecule has 1 fully saturated rings. The van der Waals surface area contributed by atoms with Crippen molar-refractivity contribution in [3.8, 4) is 5.88 Å². The van der Waals surface area contributed by atoms with Gasteiger partial charge in [-0.25, -0.2) is 4.98 Å². The van der Waals surface area contributed by atoms with Gasteiger partial charge in [0.05, 0.1) is 12.7 Å². The molecule has 0 atom stereocenters. The smallest absolute Gasteiger partial charge is 0.416 e. The summed E-state index contributed by atoms with van der Waals surface area (Å²) in [6, 6.07) is 7.05. The molecule has 5 nitrogen and oxygen atoms in total. The van der Waals surface area contributed by atoms with Gasteiger partial charge in [0.25, 0.3) is 0 Å². The van der Waals surface area contributed by atoms with Crippen LogP contribution in [0.3, 0.4) is 0 Å². The van der Waals surface area contributed by atoms with Crippen LogP contribution in [-0.2, 0) is 12.7 Å². The first-order chi connectivity index (χ1) is 12.0. The van der Waals surface area contributed by atoms with E-state index in [1.54, 1.807) is 31.5 Å². The number of halogens is 3. The molecule has 0 amide bonds. The highest BCUT2D eigenvalue weighted by molar-refractivity contribution is 5.33. The van der Waals surface area contributed by atoms with Gasteiger partial charge < -0.3 is 9.64 Å². The van der Waals surface area contributed by atoms with Gasteiger partial charge in [0.15, 0.2) is 0 Å². The SMILES string of the molecule is COc1ccnc(N2CCN(Cc3ccc(C(F)(F)F)cc3)CC2)n1. The normalized spacial score (nSPS) is 16.1. The Hall–Kier alpha value is -2.35. The van der Waals surface area contributed by atoms with E-state index in [0.717, 1.165) is 43.9 Å². The maximum absolute atomic E-state index is 12.6. The number of methoxy groups -OCH3 is 1. The lowest BCUT2D eigenvalue weighted by atomic mass is 10.1. The van der Waals surface area contributed by atoms with Crippen molar-refractivity contribution in [2.45, 2.75) is 12.7 Å². The molecule has 0 aliphatic carbocycles. The number of hydrogen-bond donors (Lipinski definition) is 0. The molecule has 0 N–H and O–H groups in total. The lowest BCUT2D eigenvalue weighted by Gasteiger charge is -2.34. The number of benzene rings is 1. The highest BCUT2D eigenvalue weighted by Gasteiger charge is 2.30. The van der Waals surface area contributed by atoms with Crippen molar-refractivity contribution in [3.05, 3.63) is 47.7 Å². The number of aromatic nitrogens is 2. The first-order valence-electron chi connectivity index (χ1n) is 7.96. The number of nitrogens with zero attached hydrogens (tertiary/aromatic N) is 4. The maximum atomic E-state index is 12.6. The van der Waals surface area contributed by atoms with E-state index in [9.17, 15) is 13.2 Å². The monoisotopic (exact) mass is 352 g/mol. The second-order valence-corrected chi connectivity index (χ2v) is 5.86. The molecule has 0 radical (unpaired) electrons. The average molecular weight is 352 g/mol. The van der Waals surface area contributed by atoms with Crippen molar-refractivity contribution >= 4 is 5.95 Å². The molecule has 0 bridgehead atoms. The average Bonchev–Trinajstić information content (AvgIpc) is 2.62. The van der Waals surface area contributed by atoms with Gasteiger partial charge in [-0.05, 0) is 17.7 Å². The van der Waals surface area contributed by atoms with E-state index in [2.05, 4.69) is 19.8 Å². The fourth-order valence-corrected chi connectivity index (χ4v) is 2.76. The number of alkyl halides is 3. The van der Waals surface area contributed by atoms with Crippen molar-refractivity contribution in [2.24, 2.45) is 0 Å². The zero-order chi connectivity index (χ0) is 17.9. The minimum Gasteiger partial charge on any atom is -0.481 e. The van der Waals surface area contributed by atoms with Gasteiger partial charge in [-0.3, -0.25) is 4.90 Å². The summed E-state index contributed by atoms with van der Waals surface area (Å²) in [6.45, 7) is 3.73. The zero-order valence-corrected chi connectivity index (χ0v) is 13.8. The molecular formula is C17H19F3N4O. The van der Waals surface area contributed by atoms with Crippen molar-refractivity contribution in [1.29, 1.82) is 0 Å². The fraction of sp³-hybridized carbons (Fsp3) is 0.412. The Morgan fingerprint density at radius 2 is 1.72 bits per heavy atom. The van der Waals surface area contributed by atoms with Gasteiger partial charge in [0, 0.05) is 45.0 Å². The Morgan fingerprint density at radius 3 is 2.32 bits per heavy atom. The molecule has 3 rings (SSSR count). The topological polar surface area (TPSA) is 41.5 Å². The number of anilines is 1. The Bertz CT molecular complexity index is 698. The van der Waals surface area contributed by atoms with Crippen LogP contribution in [0.1, 0.15) is 11.1 Å². The van der Waals surface area contributed by atoms with Crippen LogP contribution < -0.4 is 9.64 Å². The van der Waals surface area contributed by atoms with Crippen molar-refractivity contribution in [3.63, 3.8) is 0 Å². The summed E-state index contributed by atoms with van der Waals surface area (Å²) in [4.78, 5) is 12.9. The van der Waals surface area contributed by atoms with Gasteiger partial charge in [-0.2, -0.15) is 18.2 Å². The quantitative estimate of drug-likeness (QED) is 0.846. The molecule has 2 heterocycles. The number of rotatable bonds is 4. The largest absolute Gasteiger partial charge is 0.481 e. The minimum absolute atomic E-state index is 0.525. The summed E-state index contributed by atoms with van der Waals surface area (Å²) in [6.07, 6.45) is -2.63. The minimum atomic E-state index is -4.29. The maximum Gasteiger partial charge on any atom is 0.416 e. The Kier molecular flexibility index (Phi) is 5.08. The second-order valence-electron chi connectivity index (χ2n) is 5.86. The third-order valence-corrected chi connectivity index (χ3v) is 4.17. The first kappa shape index (κ1) is 17.5. The predicted octanol–water partition coefficient (Wildman–Crippen LogP) is 2.83. The molecule has 1 aromatic heterocycles. The summed E-state index contributed by atoms with van der Waals surface area (Å²) in [5.41, 5.74) is 0.260. The molecule has 2 aromatic rings. The van der Waals surface area contributed by atoms with E-state index < -0.39 is 11.7 Å². The summed E-state index contributed by atoms with van der Waals surface area (Å²) in [5.74, 6) is 1.16. The molecule has 1 saturated heterocycles. The van der Waals surface area contributed by atoms with Crippen molar-refractivity contribution in [2.75, 3.05) is 38.2 Å². The van der Waals surface area contributed by atoms with Crippen LogP contribution in [0.2, 0.25) is 0 Å². The summed E-state index contributed by atoms with van der Waals surface area (Å²) < 4.78 is 42.9. The van der Waals surface area contributed by atoms with Crippen molar-refractivity contribution < 1.29 is 17.9 Å². The molecule has 1 aliphatic rings. The molecule has 134 valence electrons. The van der Waals surface area contributed by atoms with E-state index in [4.69, 9.17) is 4.74 Å². The Labute approximate surface area is 144 Å². The van der Waals surface area contributed by atoms with E-state index in [0.29, 0.717) is 18.4 Å². The van der Waals surface area contributed by atoms with E-state index >= 15 is 0 Å². The third kappa shape index (κ3) is 4.39. The Balaban J connectivity index is 1.55. The van der Waals surface area contributed by atoms with Crippen LogP contribution in [0.25, 0.3) is 0 Å². The third-order valence-electron chi connectivity index (χ3n) is 4.17. The van der Waals surface area contributed by atoms with Crippen molar-refractivity contribution in [1.82, 2.24) is 14.9 Å². The molecule has 1 aliphatic heterocycles. The predicted molar refractivity (Wildman–Crippen MR) is 87.5 cm³/mol. The zero-order valence-electron chi connectivity index (χ0n) is 13.8. The second kappa shape index (κ2) is 7.26. The fourth-order valence-electron chi connectivity index (χ4n) is 2.76. The van der Waals surface area contributed by atoms with Crippen LogP contribution in [0.5, 0.6) is 5.88 Å². The van der Waals surface area contributed by atoms with Gasteiger partial charge >= 0.3 is 6.18 Å². The molecule has 0 spiro atoms. The summed E-state index contributed by atoms with van der Waals surface area (Å²) in [5, 5.41) is 0. The molecule has 0 saturated carbocycles. The van der Waals surface area contributed by atoms with Gasteiger partial charge in [-0.1, -0.05) is 12.1 Å². The lowest BCUT2D eigenvalue weighted by molar-refractivity contribution is -0.137. The molecule has 25 heavy (non-hydrogen) atoms. The van der Waals surface area contributed by atoms with Gasteiger partial charge in [0.2, 0.25) is 11.8 Å². The Morgan fingerprint density at radius 1 is 1.04 bits per heavy atom. The summed E-state index contributed by atoms with van der Waals surface area (Å²) >= 11 is 0. The lowest BCUT2D eigenvalue weighted by Crippen LogP contribution is -2.46. The molecule has 8 heteroatoms. The number of ether oxygens (including phenoxy) is 1. The van der Waals surface area contributed by atoms with E-state index in [1.165, 1.54) is 0 Å². The van der Waals surface area contributed by atoms with Crippen LogP contribution in [0, 0.1) is 0 Å². The van der Waals surface area contributed by atoms with E-state index in [-0.39, 0.29) is 0 Å². The standard InChI is InChI=1S/C17H19F3N4O/c1-25-15-6-7-21-16(22-15)24-10-8-23(9-11-24)12-13-2-4-14(5-3-13)17(18,19)20/h2-7H,8-12H2,1H3. The van der Waals surface area contributed by atoms with E-state index in [1.807, 2.05) is 0 Å². The highest BCUT2D eigenvalue weighted by atomic mass is 19.4. The van der Waals surface area contributed by atoms with Crippen LogP contribution in [-0.4, -0.2) is 48.2 Å². The highest BCUT2D eigenvalue weighted by Crippen LogP contribution is 2.29. The van der Waals surface area contributed by atoms with Crippen LogP contribution in [0.15, 0.2) is 36.5 Å². The number of piperazine rings is 1. The van der Waals surface area contributed by atoms with Crippen LogP contribution >= 0.6 is 0 Å². The van der Waals surface area contributed by atoms with Gasteiger partial charge in [-0.15, -0.1) is 0 Å². The molecular weight excluding hydrogens is 333 g/mol. The first-order valence-corrected chi connectivity index (χ1v) is 7.96. The summed E-state index contributed by atoms with van der Waals surface area (Å²) in [7, 11) is 1.56. The number of hydrogen-bond acceptors (Lipinski definition) is 5. The molecule has 0 unspecified atom stereocenters. The molecule has 1 aromatic carbocycles. The van der Waals surface area contributed by atoms with Crippen LogP contribution in [0.4, 0.5) is 19.1 Å². The van der Waals surface area contributed by atoms with Gasteiger partial charge in [0.1, 0.15) is 0 Å².